The minimum absolute atomic E-state index is 0.0291. The quantitative estimate of drug-likeness (QED) is 0.771. The highest BCUT2D eigenvalue weighted by atomic mass is 16.5. The molecule has 0 aliphatic heterocycles. The van der Waals surface area contributed by atoms with Crippen LogP contribution in [0.5, 0.6) is 0 Å². The molecule has 1 saturated carbocycles. The van der Waals surface area contributed by atoms with Gasteiger partial charge in [0.25, 0.3) is 0 Å². The van der Waals surface area contributed by atoms with E-state index >= 15 is 0 Å². The summed E-state index contributed by atoms with van der Waals surface area (Å²) in [5.41, 5.74) is 0. The molecule has 4 nitrogen and oxygen atoms in total. The normalized spacial score (nSPS) is 16.6. The fourth-order valence-electron chi connectivity index (χ4n) is 1.43. The van der Waals surface area contributed by atoms with Crippen LogP contribution in [-0.4, -0.2) is 11.1 Å². The molecule has 1 amide bonds. The number of carbonyl (C=O) groups excluding carboxylic acids is 1. The van der Waals surface area contributed by atoms with E-state index in [4.69, 9.17) is 4.52 Å². The van der Waals surface area contributed by atoms with Gasteiger partial charge in [-0.2, -0.15) is 0 Å². The lowest BCUT2D eigenvalue weighted by Crippen LogP contribution is -2.20. The zero-order chi connectivity index (χ0) is 9.10. The van der Waals surface area contributed by atoms with Gasteiger partial charge in [0, 0.05) is 12.5 Å². The van der Waals surface area contributed by atoms with Crippen molar-refractivity contribution in [1.82, 2.24) is 5.16 Å². The Hall–Kier alpha value is -1.32. The van der Waals surface area contributed by atoms with Crippen LogP contribution in [0.15, 0.2) is 16.8 Å². The second kappa shape index (κ2) is 3.60. The molecule has 0 radical (unpaired) electrons. The minimum Gasteiger partial charge on any atom is -0.338 e. The van der Waals surface area contributed by atoms with Crippen molar-refractivity contribution in [2.45, 2.75) is 25.7 Å². The van der Waals surface area contributed by atoms with E-state index in [2.05, 4.69) is 10.5 Å². The first-order valence-electron chi connectivity index (χ1n) is 4.55. The van der Waals surface area contributed by atoms with Gasteiger partial charge in [0.2, 0.25) is 11.8 Å². The molecule has 1 aliphatic rings. The van der Waals surface area contributed by atoms with Crippen molar-refractivity contribution in [2.75, 3.05) is 5.32 Å². The second-order valence-corrected chi connectivity index (χ2v) is 3.43. The van der Waals surface area contributed by atoms with E-state index in [1.54, 1.807) is 6.07 Å². The Labute approximate surface area is 76.3 Å². The summed E-state index contributed by atoms with van der Waals surface area (Å²) >= 11 is 0. The summed E-state index contributed by atoms with van der Waals surface area (Å²) in [6.45, 7) is 0. The van der Waals surface area contributed by atoms with E-state index in [-0.39, 0.29) is 5.91 Å². The molecule has 1 N–H and O–H groups in total. The van der Waals surface area contributed by atoms with Gasteiger partial charge in [-0.15, -0.1) is 0 Å². The van der Waals surface area contributed by atoms with E-state index in [0.29, 0.717) is 18.2 Å². The van der Waals surface area contributed by atoms with Crippen LogP contribution in [0.3, 0.4) is 0 Å². The zero-order valence-electron chi connectivity index (χ0n) is 7.32. The first kappa shape index (κ1) is 8.29. The van der Waals surface area contributed by atoms with E-state index in [1.165, 1.54) is 25.5 Å². The summed E-state index contributed by atoms with van der Waals surface area (Å²) < 4.78 is 4.76. The van der Waals surface area contributed by atoms with Crippen molar-refractivity contribution in [2.24, 2.45) is 5.92 Å². The van der Waals surface area contributed by atoms with Gasteiger partial charge < -0.3 is 4.52 Å². The van der Waals surface area contributed by atoms with E-state index < -0.39 is 0 Å². The van der Waals surface area contributed by atoms with E-state index in [0.717, 1.165) is 0 Å². The fourth-order valence-corrected chi connectivity index (χ4v) is 1.43. The third-order valence-corrected chi connectivity index (χ3v) is 2.40. The molecule has 2 rings (SSSR count). The summed E-state index contributed by atoms with van der Waals surface area (Å²) in [5, 5.41) is 6.15. The summed E-state index contributed by atoms with van der Waals surface area (Å²) in [7, 11) is 0. The van der Waals surface area contributed by atoms with Crippen molar-refractivity contribution in [3.8, 4) is 0 Å². The SMILES string of the molecule is O=C(CC1CCC1)Nc1ccno1. The van der Waals surface area contributed by atoms with Crippen LogP contribution in [0.2, 0.25) is 0 Å². The van der Waals surface area contributed by atoms with Crippen LogP contribution in [0.1, 0.15) is 25.7 Å². The van der Waals surface area contributed by atoms with Crippen LogP contribution in [-0.2, 0) is 4.79 Å². The Morgan fingerprint density at radius 3 is 3.08 bits per heavy atom. The second-order valence-electron chi connectivity index (χ2n) is 3.43. The average molecular weight is 180 g/mol. The molecule has 1 aliphatic carbocycles. The largest absolute Gasteiger partial charge is 0.338 e. The molecule has 13 heavy (non-hydrogen) atoms. The predicted molar refractivity (Wildman–Crippen MR) is 47.1 cm³/mol. The van der Waals surface area contributed by atoms with E-state index in [9.17, 15) is 4.79 Å². The molecule has 0 spiro atoms. The first-order chi connectivity index (χ1) is 6.34. The van der Waals surface area contributed by atoms with Crippen LogP contribution < -0.4 is 5.32 Å². The highest BCUT2D eigenvalue weighted by molar-refractivity contribution is 5.89. The van der Waals surface area contributed by atoms with Crippen molar-refractivity contribution in [1.29, 1.82) is 0 Å². The topological polar surface area (TPSA) is 55.1 Å². The fraction of sp³-hybridized carbons (Fsp3) is 0.556. The molecular weight excluding hydrogens is 168 g/mol. The Balaban J connectivity index is 1.78. The molecule has 1 heterocycles. The number of hydrogen-bond acceptors (Lipinski definition) is 3. The van der Waals surface area contributed by atoms with Crippen molar-refractivity contribution >= 4 is 11.8 Å². The minimum atomic E-state index is 0.0291. The molecule has 0 bridgehead atoms. The van der Waals surface area contributed by atoms with Gasteiger partial charge in [0.1, 0.15) is 0 Å². The number of hydrogen-bond donors (Lipinski definition) is 1. The molecular formula is C9H12N2O2. The highest BCUT2D eigenvalue weighted by Crippen LogP contribution is 2.29. The van der Waals surface area contributed by atoms with Crippen LogP contribution >= 0.6 is 0 Å². The molecule has 0 aromatic carbocycles. The maximum Gasteiger partial charge on any atom is 0.231 e. The monoisotopic (exact) mass is 180 g/mol. The number of amides is 1. The zero-order valence-corrected chi connectivity index (χ0v) is 7.32. The van der Waals surface area contributed by atoms with Gasteiger partial charge in [-0.25, -0.2) is 0 Å². The van der Waals surface area contributed by atoms with Gasteiger partial charge in [0.15, 0.2) is 0 Å². The summed E-state index contributed by atoms with van der Waals surface area (Å²) in [4.78, 5) is 11.3. The maximum atomic E-state index is 11.3. The number of nitrogens with zero attached hydrogens (tertiary/aromatic N) is 1. The van der Waals surface area contributed by atoms with Crippen molar-refractivity contribution in [3.05, 3.63) is 12.3 Å². The molecule has 0 saturated heterocycles. The van der Waals surface area contributed by atoms with Crippen LogP contribution in [0.25, 0.3) is 0 Å². The lowest BCUT2D eigenvalue weighted by atomic mass is 9.83. The Bertz CT molecular complexity index is 278. The average Bonchev–Trinajstić information content (AvgIpc) is 2.49. The molecule has 0 atom stereocenters. The summed E-state index contributed by atoms with van der Waals surface area (Å²) in [6, 6.07) is 1.64. The number of rotatable bonds is 3. The molecule has 1 aromatic rings. The third kappa shape index (κ3) is 2.08. The maximum absolute atomic E-state index is 11.3. The van der Waals surface area contributed by atoms with Gasteiger partial charge in [-0.3, -0.25) is 10.1 Å². The van der Waals surface area contributed by atoms with Crippen molar-refractivity contribution < 1.29 is 9.32 Å². The van der Waals surface area contributed by atoms with Crippen LogP contribution in [0, 0.1) is 5.92 Å². The first-order valence-corrected chi connectivity index (χ1v) is 4.55. The standard InChI is InChI=1S/C9H12N2O2/c12-8(6-7-2-1-3-7)11-9-4-5-10-13-9/h4-5,7H,1-3,6H2,(H,11,12). The molecule has 4 heteroatoms. The smallest absolute Gasteiger partial charge is 0.231 e. The van der Waals surface area contributed by atoms with Crippen LogP contribution in [0.4, 0.5) is 5.88 Å². The molecule has 70 valence electrons. The molecule has 1 fully saturated rings. The Kier molecular flexibility index (Phi) is 2.29. The number of anilines is 1. The molecule has 0 unspecified atom stereocenters. The summed E-state index contributed by atoms with van der Waals surface area (Å²) in [5.74, 6) is 1.05. The van der Waals surface area contributed by atoms with Gasteiger partial charge in [0.05, 0.1) is 6.20 Å². The Morgan fingerprint density at radius 2 is 2.54 bits per heavy atom. The summed E-state index contributed by atoms with van der Waals surface area (Å²) in [6.07, 6.45) is 5.76. The lowest BCUT2D eigenvalue weighted by Gasteiger charge is -2.24. The lowest BCUT2D eigenvalue weighted by molar-refractivity contribution is -0.117. The van der Waals surface area contributed by atoms with Gasteiger partial charge in [-0.1, -0.05) is 11.6 Å². The predicted octanol–water partition coefficient (Wildman–Crippen LogP) is 1.80. The highest BCUT2D eigenvalue weighted by Gasteiger charge is 2.20. The number of nitrogens with one attached hydrogen (secondary N) is 1. The van der Waals surface area contributed by atoms with Gasteiger partial charge in [-0.05, 0) is 18.8 Å². The Morgan fingerprint density at radius 1 is 1.69 bits per heavy atom. The van der Waals surface area contributed by atoms with Crippen molar-refractivity contribution in [3.63, 3.8) is 0 Å². The van der Waals surface area contributed by atoms with Gasteiger partial charge >= 0.3 is 0 Å². The molecule has 1 aromatic heterocycles. The number of carbonyl (C=O) groups is 1. The third-order valence-electron chi connectivity index (χ3n) is 2.40. The van der Waals surface area contributed by atoms with E-state index in [1.807, 2.05) is 0 Å². The number of aromatic nitrogens is 1.